The summed E-state index contributed by atoms with van der Waals surface area (Å²) >= 11 is 0. The predicted octanol–water partition coefficient (Wildman–Crippen LogP) is 1.14. The maximum Gasteiger partial charge on any atom is 0.277 e. The maximum atomic E-state index is 12.1. The van der Waals surface area contributed by atoms with Crippen molar-refractivity contribution in [2.45, 2.75) is 13.8 Å². The van der Waals surface area contributed by atoms with E-state index in [2.05, 4.69) is 39.7 Å². The highest BCUT2D eigenvalue weighted by atomic mass is 16.2. The molecule has 8 nitrogen and oxygen atoms in total. The fraction of sp³-hybridized carbons (Fsp3) is 0.412. The van der Waals surface area contributed by atoms with E-state index < -0.39 is 0 Å². The number of anilines is 1. The molecule has 2 amide bonds. The van der Waals surface area contributed by atoms with Crippen molar-refractivity contribution in [2.75, 3.05) is 31.5 Å². The highest BCUT2D eigenvalue weighted by Gasteiger charge is 2.11. The van der Waals surface area contributed by atoms with Crippen molar-refractivity contribution in [3.63, 3.8) is 0 Å². The van der Waals surface area contributed by atoms with Gasteiger partial charge in [-0.25, -0.2) is 0 Å². The molecule has 2 aromatic rings. The first-order valence-corrected chi connectivity index (χ1v) is 8.31. The van der Waals surface area contributed by atoms with Crippen LogP contribution in [0.2, 0.25) is 0 Å². The zero-order valence-corrected chi connectivity index (χ0v) is 14.8. The van der Waals surface area contributed by atoms with E-state index in [1.165, 1.54) is 10.9 Å². The highest BCUT2D eigenvalue weighted by Crippen LogP contribution is 2.10. The molecule has 8 heteroatoms. The number of aromatic nitrogens is 3. The van der Waals surface area contributed by atoms with Gasteiger partial charge in [0.25, 0.3) is 11.8 Å². The molecule has 0 radical (unpaired) electrons. The predicted molar refractivity (Wildman–Crippen MR) is 95.5 cm³/mol. The fourth-order valence-corrected chi connectivity index (χ4v) is 2.32. The summed E-state index contributed by atoms with van der Waals surface area (Å²) in [6.45, 7) is 7.55. The summed E-state index contributed by atoms with van der Waals surface area (Å²) in [7, 11) is 1.69. The Balaban J connectivity index is 1.86. The molecule has 1 aromatic heterocycles. The summed E-state index contributed by atoms with van der Waals surface area (Å²) in [5, 5.41) is 13.1. The molecule has 0 bridgehead atoms. The van der Waals surface area contributed by atoms with Crippen LogP contribution < -0.4 is 10.6 Å². The summed E-state index contributed by atoms with van der Waals surface area (Å²) in [5.41, 5.74) is 1.38. The van der Waals surface area contributed by atoms with Crippen molar-refractivity contribution in [3.8, 4) is 0 Å². The maximum absolute atomic E-state index is 12.1. The minimum absolute atomic E-state index is 0.126. The number of nitrogens with zero attached hydrogens (tertiary/aromatic N) is 4. The van der Waals surface area contributed by atoms with Crippen molar-refractivity contribution in [1.82, 2.24) is 25.2 Å². The van der Waals surface area contributed by atoms with Gasteiger partial charge in [0, 0.05) is 31.4 Å². The smallest absolute Gasteiger partial charge is 0.277 e. The largest absolute Gasteiger partial charge is 0.351 e. The van der Waals surface area contributed by atoms with Crippen LogP contribution >= 0.6 is 0 Å². The van der Waals surface area contributed by atoms with Crippen LogP contribution in [0, 0.1) is 0 Å². The molecule has 0 unspecified atom stereocenters. The van der Waals surface area contributed by atoms with Crippen LogP contribution in [0.3, 0.4) is 0 Å². The van der Waals surface area contributed by atoms with Gasteiger partial charge < -0.3 is 15.5 Å². The van der Waals surface area contributed by atoms with Gasteiger partial charge in [0.15, 0.2) is 5.69 Å². The SMILES string of the molecule is CCN(CC)CCNC(=O)c1ccc(NC(=O)c2cn(C)nn2)cc1. The van der Waals surface area contributed by atoms with Crippen LogP contribution in [0.15, 0.2) is 30.5 Å². The Morgan fingerprint density at radius 2 is 1.80 bits per heavy atom. The summed E-state index contributed by atoms with van der Waals surface area (Å²) < 4.78 is 1.46. The topological polar surface area (TPSA) is 92.2 Å². The summed E-state index contributed by atoms with van der Waals surface area (Å²) in [4.78, 5) is 26.4. The number of nitrogens with one attached hydrogen (secondary N) is 2. The molecule has 1 aromatic carbocycles. The van der Waals surface area contributed by atoms with E-state index in [-0.39, 0.29) is 17.5 Å². The van der Waals surface area contributed by atoms with Crippen molar-refractivity contribution >= 4 is 17.5 Å². The molecule has 0 fully saturated rings. The Kier molecular flexibility index (Phi) is 6.64. The molecule has 1 heterocycles. The third kappa shape index (κ3) is 5.39. The van der Waals surface area contributed by atoms with Gasteiger partial charge in [0.05, 0.1) is 6.20 Å². The monoisotopic (exact) mass is 344 g/mol. The molecule has 134 valence electrons. The zero-order chi connectivity index (χ0) is 18.2. The van der Waals surface area contributed by atoms with Crippen molar-refractivity contribution in [2.24, 2.45) is 7.05 Å². The molecule has 0 saturated carbocycles. The number of hydrogen-bond donors (Lipinski definition) is 2. The lowest BCUT2D eigenvalue weighted by molar-refractivity contribution is 0.0948. The number of amides is 2. The summed E-state index contributed by atoms with van der Waals surface area (Å²) in [5.74, 6) is -0.469. The lowest BCUT2D eigenvalue weighted by Gasteiger charge is -2.17. The zero-order valence-electron chi connectivity index (χ0n) is 14.8. The van der Waals surface area contributed by atoms with Gasteiger partial charge in [0.1, 0.15) is 0 Å². The van der Waals surface area contributed by atoms with E-state index in [0.29, 0.717) is 17.8 Å². The number of hydrogen-bond acceptors (Lipinski definition) is 5. The molecule has 0 atom stereocenters. The molecule has 0 aliphatic rings. The van der Waals surface area contributed by atoms with Crippen LogP contribution in [-0.4, -0.2) is 57.9 Å². The van der Waals surface area contributed by atoms with Crippen LogP contribution in [-0.2, 0) is 7.05 Å². The minimum atomic E-state index is -0.343. The third-order valence-corrected chi connectivity index (χ3v) is 3.85. The van der Waals surface area contributed by atoms with E-state index >= 15 is 0 Å². The minimum Gasteiger partial charge on any atom is -0.351 e. The van der Waals surface area contributed by atoms with Gasteiger partial charge in [-0.2, -0.15) is 0 Å². The van der Waals surface area contributed by atoms with Crippen molar-refractivity contribution in [3.05, 3.63) is 41.7 Å². The van der Waals surface area contributed by atoms with Crippen LogP contribution in [0.1, 0.15) is 34.7 Å². The van der Waals surface area contributed by atoms with Crippen LogP contribution in [0.4, 0.5) is 5.69 Å². The van der Waals surface area contributed by atoms with Crippen molar-refractivity contribution in [1.29, 1.82) is 0 Å². The van der Waals surface area contributed by atoms with E-state index in [1.807, 2.05) is 0 Å². The number of carbonyl (C=O) groups excluding carboxylic acids is 2. The molecule has 2 rings (SSSR count). The molecule has 25 heavy (non-hydrogen) atoms. The molecule has 0 aliphatic heterocycles. The van der Waals surface area contributed by atoms with E-state index in [9.17, 15) is 9.59 Å². The molecular weight excluding hydrogens is 320 g/mol. The Bertz CT molecular complexity index is 706. The van der Waals surface area contributed by atoms with Gasteiger partial charge in [-0.1, -0.05) is 19.1 Å². The number of likely N-dealkylation sites (N-methyl/N-ethyl adjacent to an activating group) is 1. The summed E-state index contributed by atoms with van der Waals surface area (Å²) in [6, 6.07) is 6.74. The Morgan fingerprint density at radius 3 is 2.36 bits per heavy atom. The molecule has 0 aliphatic carbocycles. The average Bonchev–Trinajstić information content (AvgIpc) is 3.06. The first-order chi connectivity index (χ1) is 12.0. The molecule has 0 saturated heterocycles. The Morgan fingerprint density at radius 1 is 1.12 bits per heavy atom. The van der Waals surface area contributed by atoms with Gasteiger partial charge >= 0.3 is 0 Å². The Hall–Kier alpha value is -2.74. The van der Waals surface area contributed by atoms with Crippen LogP contribution in [0.5, 0.6) is 0 Å². The lowest BCUT2D eigenvalue weighted by Crippen LogP contribution is -2.34. The van der Waals surface area contributed by atoms with E-state index in [4.69, 9.17) is 0 Å². The lowest BCUT2D eigenvalue weighted by atomic mass is 10.2. The molecular formula is C17H24N6O2. The number of carbonyl (C=O) groups is 2. The van der Waals surface area contributed by atoms with E-state index in [1.54, 1.807) is 31.3 Å². The second kappa shape index (κ2) is 8.93. The molecule has 0 spiro atoms. The second-order valence-electron chi connectivity index (χ2n) is 5.59. The van der Waals surface area contributed by atoms with Gasteiger partial charge in [-0.3, -0.25) is 14.3 Å². The third-order valence-electron chi connectivity index (χ3n) is 3.85. The number of rotatable bonds is 8. The van der Waals surface area contributed by atoms with Gasteiger partial charge in [0.2, 0.25) is 0 Å². The van der Waals surface area contributed by atoms with Crippen LogP contribution in [0.25, 0.3) is 0 Å². The second-order valence-corrected chi connectivity index (χ2v) is 5.59. The highest BCUT2D eigenvalue weighted by molar-refractivity contribution is 6.03. The normalized spacial score (nSPS) is 10.7. The number of aryl methyl sites for hydroxylation is 1. The Labute approximate surface area is 147 Å². The van der Waals surface area contributed by atoms with E-state index in [0.717, 1.165) is 19.6 Å². The quantitative estimate of drug-likeness (QED) is 0.749. The van der Waals surface area contributed by atoms with Crippen molar-refractivity contribution < 1.29 is 9.59 Å². The van der Waals surface area contributed by atoms with Gasteiger partial charge in [-0.05, 0) is 37.4 Å². The number of benzene rings is 1. The summed E-state index contributed by atoms with van der Waals surface area (Å²) in [6.07, 6.45) is 1.53. The fourth-order valence-electron chi connectivity index (χ4n) is 2.32. The standard InChI is InChI=1S/C17H24N6O2/c1-4-23(5-2)11-10-18-16(24)13-6-8-14(9-7-13)19-17(25)15-12-22(3)21-20-15/h6-9,12H,4-5,10-11H2,1-3H3,(H,18,24)(H,19,25). The molecule has 2 N–H and O–H groups in total. The first kappa shape index (κ1) is 18.6. The van der Waals surface area contributed by atoms with Gasteiger partial charge in [-0.15, -0.1) is 5.10 Å². The average molecular weight is 344 g/mol. The first-order valence-electron chi connectivity index (χ1n) is 8.31.